The lowest BCUT2D eigenvalue weighted by Crippen LogP contribution is -2.21. The Labute approximate surface area is 173 Å². The summed E-state index contributed by atoms with van der Waals surface area (Å²) in [6.45, 7) is 0. The molecule has 3 rings (SSSR count). The monoisotopic (exact) mass is 435 g/mol. The van der Waals surface area contributed by atoms with E-state index in [0.29, 0.717) is 17.9 Å². The summed E-state index contributed by atoms with van der Waals surface area (Å²) in [6, 6.07) is 6.03. The Hall–Kier alpha value is -3.43. The minimum Gasteiger partial charge on any atom is -0.383 e. The number of halogens is 4. The Balaban J connectivity index is 1.88. The lowest BCUT2D eigenvalue weighted by atomic mass is 10.0. The first-order valence-electron chi connectivity index (χ1n) is 8.35. The summed E-state index contributed by atoms with van der Waals surface area (Å²) in [7, 11) is 0. The fourth-order valence-electron chi connectivity index (χ4n) is 2.69. The predicted octanol–water partition coefficient (Wildman–Crippen LogP) is 3.89. The van der Waals surface area contributed by atoms with Gasteiger partial charge < -0.3 is 16.2 Å². The summed E-state index contributed by atoms with van der Waals surface area (Å²) in [5.74, 6) is -4.12. The Bertz CT molecular complexity index is 1140. The van der Waals surface area contributed by atoms with Crippen LogP contribution in [0.4, 0.5) is 24.7 Å². The number of hydrogen-bond acceptors (Lipinski definition) is 5. The fourth-order valence-corrected chi connectivity index (χ4v) is 2.96. The second-order valence-electron chi connectivity index (χ2n) is 6.20. The molecule has 0 fully saturated rings. The van der Waals surface area contributed by atoms with Gasteiger partial charge in [0.1, 0.15) is 17.5 Å². The van der Waals surface area contributed by atoms with Crippen LogP contribution in [0.25, 0.3) is 11.1 Å². The molecule has 0 bridgehead atoms. The zero-order valence-corrected chi connectivity index (χ0v) is 15.8. The number of benzene rings is 2. The molecule has 10 heteroatoms. The van der Waals surface area contributed by atoms with E-state index in [1.165, 1.54) is 24.4 Å². The van der Waals surface area contributed by atoms with Crippen LogP contribution >= 0.6 is 11.6 Å². The maximum absolute atomic E-state index is 14.7. The number of aliphatic hydroxyl groups excluding tert-OH is 1. The molecule has 30 heavy (non-hydrogen) atoms. The van der Waals surface area contributed by atoms with Crippen LogP contribution in [0, 0.1) is 17.5 Å². The average Bonchev–Trinajstić information content (AvgIpc) is 2.71. The van der Waals surface area contributed by atoms with E-state index in [-0.39, 0.29) is 33.2 Å². The van der Waals surface area contributed by atoms with Crippen molar-refractivity contribution in [1.29, 1.82) is 0 Å². The Morgan fingerprint density at radius 1 is 1.17 bits per heavy atom. The van der Waals surface area contributed by atoms with Crippen LogP contribution in [0.3, 0.4) is 0 Å². The van der Waals surface area contributed by atoms with Crippen molar-refractivity contribution in [1.82, 2.24) is 4.98 Å². The number of nitrogens with two attached hydrogens (primary N) is 1. The van der Waals surface area contributed by atoms with Crippen molar-refractivity contribution in [2.75, 3.05) is 11.1 Å². The van der Waals surface area contributed by atoms with Crippen LogP contribution in [-0.4, -0.2) is 22.3 Å². The smallest absolute Gasteiger partial charge is 0.257 e. The molecule has 1 aromatic heterocycles. The van der Waals surface area contributed by atoms with Gasteiger partial charge in [-0.25, -0.2) is 18.2 Å². The molecule has 2 aromatic carbocycles. The van der Waals surface area contributed by atoms with Gasteiger partial charge in [0.2, 0.25) is 0 Å². The third-order valence-electron chi connectivity index (χ3n) is 4.18. The molecule has 0 spiro atoms. The lowest BCUT2D eigenvalue weighted by Gasteiger charge is -2.14. The number of nitrogens with one attached hydrogen (secondary N) is 1. The number of anilines is 2. The SMILES string of the molecule is Nc1ncc(-c2ccc(NC(=O)C(O)c3cc(F)cc(F)c3)c(F)c2Cl)cc1C=O. The van der Waals surface area contributed by atoms with E-state index in [9.17, 15) is 27.9 Å². The quantitative estimate of drug-likeness (QED) is 0.527. The number of aldehydes is 1. The molecule has 3 aromatic rings. The molecule has 0 aliphatic rings. The Morgan fingerprint density at radius 3 is 2.47 bits per heavy atom. The van der Waals surface area contributed by atoms with Gasteiger partial charge in [0.15, 0.2) is 18.2 Å². The van der Waals surface area contributed by atoms with Gasteiger partial charge in [-0.1, -0.05) is 17.7 Å². The van der Waals surface area contributed by atoms with Crippen molar-refractivity contribution < 1.29 is 27.9 Å². The molecular formula is C20H13ClF3N3O3. The van der Waals surface area contributed by atoms with Gasteiger partial charge >= 0.3 is 0 Å². The number of nitrogen functional groups attached to an aromatic ring is 1. The van der Waals surface area contributed by atoms with Crippen LogP contribution in [0.2, 0.25) is 5.02 Å². The summed E-state index contributed by atoms with van der Waals surface area (Å²) >= 11 is 6.05. The molecule has 1 unspecified atom stereocenters. The standard InChI is InChI=1S/C20H13ClF3N3O3/c21-16-14(10-3-11(8-28)19(25)26-7-10)1-2-15(17(16)24)27-20(30)18(29)9-4-12(22)6-13(23)5-9/h1-8,18,29H,(H2,25,26)(H,27,30). The Kier molecular flexibility index (Phi) is 6.04. The molecule has 6 nitrogen and oxygen atoms in total. The number of hydrogen-bond donors (Lipinski definition) is 3. The average molecular weight is 436 g/mol. The minimum absolute atomic E-state index is 0.00278. The van der Waals surface area contributed by atoms with Crippen LogP contribution in [0.5, 0.6) is 0 Å². The number of nitrogens with zero attached hydrogens (tertiary/aromatic N) is 1. The lowest BCUT2D eigenvalue weighted by molar-refractivity contribution is -0.124. The van der Waals surface area contributed by atoms with Crippen LogP contribution in [-0.2, 0) is 4.79 Å². The maximum Gasteiger partial charge on any atom is 0.257 e. The highest BCUT2D eigenvalue weighted by Gasteiger charge is 2.22. The molecule has 0 saturated carbocycles. The van der Waals surface area contributed by atoms with E-state index >= 15 is 0 Å². The second-order valence-corrected chi connectivity index (χ2v) is 6.58. The molecular weight excluding hydrogens is 423 g/mol. The molecule has 154 valence electrons. The van der Waals surface area contributed by atoms with E-state index in [4.69, 9.17) is 17.3 Å². The van der Waals surface area contributed by atoms with E-state index in [0.717, 1.165) is 12.1 Å². The van der Waals surface area contributed by atoms with Crippen molar-refractivity contribution in [2.45, 2.75) is 6.10 Å². The van der Waals surface area contributed by atoms with Gasteiger partial charge in [0.05, 0.1) is 16.3 Å². The first-order chi connectivity index (χ1) is 14.2. The van der Waals surface area contributed by atoms with Gasteiger partial charge in [-0.15, -0.1) is 0 Å². The Morgan fingerprint density at radius 2 is 1.83 bits per heavy atom. The van der Waals surface area contributed by atoms with E-state index in [2.05, 4.69) is 10.3 Å². The van der Waals surface area contributed by atoms with Crippen molar-refractivity contribution in [2.24, 2.45) is 0 Å². The van der Waals surface area contributed by atoms with Gasteiger partial charge in [-0.05, 0) is 29.8 Å². The molecule has 0 saturated heterocycles. The predicted molar refractivity (Wildman–Crippen MR) is 104 cm³/mol. The van der Waals surface area contributed by atoms with Crippen molar-refractivity contribution in [3.8, 4) is 11.1 Å². The van der Waals surface area contributed by atoms with Crippen molar-refractivity contribution in [3.63, 3.8) is 0 Å². The largest absolute Gasteiger partial charge is 0.383 e. The summed E-state index contributed by atoms with van der Waals surface area (Å²) in [5, 5.41) is 11.7. The summed E-state index contributed by atoms with van der Waals surface area (Å²) in [6.07, 6.45) is -0.172. The molecule has 1 atom stereocenters. The molecule has 1 heterocycles. The third kappa shape index (κ3) is 4.27. The topological polar surface area (TPSA) is 105 Å². The zero-order valence-electron chi connectivity index (χ0n) is 15.0. The van der Waals surface area contributed by atoms with Gasteiger partial charge in [0.25, 0.3) is 5.91 Å². The fraction of sp³-hybridized carbons (Fsp3) is 0.0500. The van der Waals surface area contributed by atoms with Gasteiger partial charge in [-0.3, -0.25) is 9.59 Å². The van der Waals surface area contributed by atoms with Gasteiger partial charge in [-0.2, -0.15) is 0 Å². The third-order valence-corrected chi connectivity index (χ3v) is 4.55. The number of amides is 1. The molecule has 0 radical (unpaired) electrons. The minimum atomic E-state index is -1.95. The number of pyridine rings is 1. The normalized spacial score (nSPS) is 11.8. The number of aliphatic hydroxyl groups is 1. The molecule has 1 amide bonds. The van der Waals surface area contributed by atoms with Crippen molar-refractivity contribution in [3.05, 3.63) is 76.2 Å². The van der Waals surface area contributed by atoms with Crippen LogP contribution in [0.1, 0.15) is 22.0 Å². The number of aromatic nitrogens is 1. The van der Waals surface area contributed by atoms with E-state index < -0.39 is 29.5 Å². The molecule has 4 N–H and O–H groups in total. The zero-order chi connectivity index (χ0) is 22.0. The van der Waals surface area contributed by atoms with E-state index in [1.807, 2.05) is 0 Å². The summed E-state index contributed by atoms with van der Waals surface area (Å²) in [4.78, 5) is 27.1. The maximum atomic E-state index is 14.7. The van der Waals surface area contributed by atoms with Crippen LogP contribution in [0.15, 0.2) is 42.6 Å². The summed E-state index contributed by atoms with van der Waals surface area (Å²) < 4.78 is 41.3. The number of carbonyl (C=O) groups is 2. The highest BCUT2D eigenvalue weighted by molar-refractivity contribution is 6.34. The van der Waals surface area contributed by atoms with Gasteiger partial charge in [0, 0.05) is 23.4 Å². The molecule has 0 aliphatic carbocycles. The summed E-state index contributed by atoms with van der Waals surface area (Å²) in [5.41, 5.74) is 5.41. The van der Waals surface area contributed by atoms with Crippen molar-refractivity contribution >= 4 is 35.3 Å². The highest BCUT2D eigenvalue weighted by Crippen LogP contribution is 2.34. The number of rotatable bonds is 5. The second kappa shape index (κ2) is 8.52. The molecule has 0 aliphatic heterocycles. The first-order valence-corrected chi connectivity index (χ1v) is 8.73. The number of carbonyl (C=O) groups excluding carboxylic acids is 2. The van der Waals surface area contributed by atoms with E-state index in [1.54, 1.807) is 0 Å². The van der Waals surface area contributed by atoms with Crippen LogP contribution < -0.4 is 11.1 Å². The first kappa shape index (κ1) is 21.3. The highest BCUT2D eigenvalue weighted by atomic mass is 35.5.